The topological polar surface area (TPSA) is 70.1 Å². The predicted octanol–water partition coefficient (Wildman–Crippen LogP) is 5.82. The molecule has 0 aliphatic rings. The van der Waals surface area contributed by atoms with Crippen LogP contribution in [0.25, 0.3) is 5.78 Å². The van der Waals surface area contributed by atoms with Crippen LogP contribution in [0.3, 0.4) is 0 Å². The van der Waals surface area contributed by atoms with E-state index in [1.807, 2.05) is 41.8 Å². The highest BCUT2D eigenvalue weighted by molar-refractivity contribution is 7.98. The largest absolute Gasteiger partial charge is 0.484 e. The van der Waals surface area contributed by atoms with E-state index in [0.717, 1.165) is 46.7 Å². The van der Waals surface area contributed by atoms with Gasteiger partial charge in [0.05, 0.1) is 10.7 Å². The molecule has 0 aliphatic carbocycles. The van der Waals surface area contributed by atoms with E-state index in [9.17, 15) is 0 Å². The van der Waals surface area contributed by atoms with Gasteiger partial charge in [0.25, 0.3) is 0 Å². The minimum absolute atomic E-state index is 0.296. The zero-order valence-electron chi connectivity index (χ0n) is 18.7. The fourth-order valence-electron chi connectivity index (χ4n) is 3.76. The molecular weight excluding hydrogens is 444 g/mol. The number of imidazole rings is 1. The number of benzene rings is 1. The summed E-state index contributed by atoms with van der Waals surface area (Å²) >= 11 is 7.87. The summed E-state index contributed by atoms with van der Waals surface area (Å²) in [6.45, 7) is 8.72. The van der Waals surface area contributed by atoms with Gasteiger partial charge in [-0.25, -0.2) is 9.97 Å². The van der Waals surface area contributed by atoms with E-state index in [2.05, 4.69) is 46.6 Å². The Morgan fingerprint density at radius 2 is 1.88 bits per heavy atom. The summed E-state index contributed by atoms with van der Waals surface area (Å²) in [6.07, 6.45) is 4.01. The van der Waals surface area contributed by atoms with Crippen molar-refractivity contribution in [3.8, 4) is 5.75 Å². The molecule has 0 saturated carbocycles. The van der Waals surface area contributed by atoms with Crippen LogP contribution < -0.4 is 4.74 Å². The molecule has 1 aromatic carbocycles. The van der Waals surface area contributed by atoms with Crippen LogP contribution in [0.15, 0.2) is 41.7 Å². The Hall–Kier alpha value is -2.58. The Labute approximate surface area is 197 Å². The molecular formula is C23H27ClN6OS. The van der Waals surface area contributed by atoms with Crippen molar-refractivity contribution >= 4 is 29.1 Å². The molecule has 0 N–H and O–H groups in total. The van der Waals surface area contributed by atoms with E-state index in [4.69, 9.17) is 21.3 Å². The van der Waals surface area contributed by atoms with E-state index in [1.54, 1.807) is 11.8 Å². The maximum absolute atomic E-state index is 6.24. The van der Waals surface area contributed by atoms with Crippen molar-refractivity contribution in [1.82, 2.24) is 29.1 Å². The van der Waals surface area contributed by atoms with E-state index >= 15 is 0 Å². The molecule has 4 aromatic rings. The fourth-order valence-corrected chi connectivity index (χ4v) is 4.85. The summed E-state index contributed by atoms with van der Waals surface area (Å²) in [5.41, 5.74) is 3.05. The maximum Gasteiger partial charge on any atom is 0.234 e. The molecule has 168 valence electrons. The first-order valence-electron chi connectivity index (χ1n) is 10.8. The van der Waals surface area contributed by atoms with Crippen LogP contribution in [0, 0.1) is 13.8 Å². The molecule has 7 nitrogen and oxygen atoms in total. The second kappa shape index (κ2) is 9.92. The lowest BCUT2D eigenvalue weighted by Crippen LogP contribution is -2.14. The van der Waals surface area contributed by atoms with Gasteiger partial charge < -0.3 is 9.30 Å². The van der Waals surface area contributed by atoms with E-state index < -0.39 is 0 Å². The second-order valence-electron chi connectivity index (χ2n) is 7.69. The first kappa shape index (κ1) is 22.6. The lowest BCUT2D eigenvalue weighted by molar-refractivity contribution is 0.278. The normalized spacial score (nSPS) is 11.6. The average molecular weight is 471 g/mol. The van der Waals surface area contributed by atoms with Crippen molar-refractivity contribution in [2.24, 2.45) is 0 Å². The van der Waals surface area contributed by atoms with Gasteiger partial charge in [0.2, 0.25) is 5.78 Å². The maximum atomic E-state index is 6.24. The molecule has 0 saturated heterocycles. The van der Waals surface area contributed by atoms with Gasteiger partial charge in [0.1, 0.15) is 12.4 Å². The molecule has 4 rings (SSSR count). The number of nitrogens with zero attached hydrogens (tertiary/aromatic N) is 6. The van der Waals surface area contributed by atoms with Gasteiger partial charge in [-0.1, -0.05) is 49.3 Å². The summed E-state index contributed by atoms with van der Waals surface area (Å²) in [5, 5.41) is 10.4. The summed E-state index contributed by atoms with van der Waals surface area (Å²) in [4.78, 5) is 9.22. The van der Waals surface area contributed by atoms with Crippen LogP contribution in [0.4, 0.5) is 0 Å². The van der Waals surface area contributed by atoms with E-state index in [0.29, 0.717) is 29.2 Å². The standard InChI is InChI=1S/C23H27ClN6OS/c1-5-18(6-2)30-21(13-31-20-10-8-7-9-19(20)24)27-28-23(30)32-14-17-12-29-16(4)11-15(3)25-22(29)26-17/h7-12,18H,5-6,13-14H2,1-4H3. The SMILES string of the molecule is CCC(CC)n1c(COc2ccccc2Cl)nnc1SCc1cn2c(C)cc(C)nc2n1. The first-order valence-corrected chi connectivity index (χ1v) is 12.1. The number of halogens is 1. The summed E-state index contributed by atoms with van der Waals surface area (Å²) in [7, 11) is 0. The van der Waals surface area contributed by atoms with Gasteiger partial charge >= 0.3 is 0 Å². The number of rotatable bonds is 9. The Bertz CT molecular complexity index is 1220. The highest BCUT2D eigenvalue weighted by Crippen LogP contribution is 2.29. The fraction of sp³-hybridized carbons (Fsp3) is 0.391. The lowest BCUT2D eigenvalue weighted by atomic mass is 10.2. The Morgan fingerprint density at radius 1 is 1.09 bits per heavy atom. The van der Waals surface area contributed by atoms with Gasteiger partial charge in [0, 0.05) is 29.4 Å². The zero-order chi connectivity index (χ0) is 22.7. The zero-order valence-corrected chi connectivity index (χ0v) is 20.3. The van der Waals surface area contributed by atoms with Crippen LogP contribution in [0.2, 0.25) is 5.02 Å². The second-order valence-corrected chi connectivity index (χ2v) is 9.04. The number of fused-ring (bicyclic) bond motifs is 1. The van der Waals surface area contributed by atoms with Gasteiger partial charge in [-0.05, 0) is 44.9 Å². The molecule has 0 spiro atoms. The predicted molar refractivity (Wildman–Crippen MR) is 127 cm³/mol. The molecule has 3 aromatic heterocycles. The van der Waals surface area contributed by atoms with Crippen molar-refractivity contribution in [1.29, 1.82) is 0 Å². The van der Waals surface area contributed by atoms with E-state index in [1.165, 1.54) is 0 Å². The van der Waals surface area contributed by atoms with E-state index in [-0.39, 0.29) is 0 Å². The number of aromatic nitrogens is 6. The van der Waals surface area contributed by atoms with Crippen LogP contribution >= 0.6 is 23.4 Å². The van der Waals surface area contributed by atoms with Gasteiger partial charge in [-0.3, -0.25) is 4.40 Å². The number of para-hydroxylation sites is 1. The molecule has 0 unspecified atom stereocenters. The van der Waals surface area contributed by atoms with Crippen molar-refractivity contribution < 1.29 is 4.74 Å². The summed E-state index contributed by atoms with van der Waals surface area (Å²) in [5.74, 6) is 2.86. The van der Waals surface area contributed by atoms with Gasteiger partial charge in [0.15, 0.2) is 11.0 Å². The van der Waals surface area contributed by atoms with Gasteiger partial charge in [-0.15, -0.1) is 10.2 Å². The molecule has 0 radical (unpaired) electrons. The molecule has 0 aliphatic heterocycles. The molecule has 3 heterocycles. The van der Waals surface area contributed by atoms with Crippen LogP contribution in [-0.4, -0.2) is 29.1 Å². The lowest BCUT2D eigenvalue weighted by Gasteiger charge is -2.19. The minimum atomic E-state index is 0.296. The summed E-state index contributed by atoms with van der Waals surface area (Å²) < 4.78 is 10.2. The van der Waals surface area contributed by atoms with Gasteiger partial charge in [-0.2, -0.15) is 0 Å². The molecule has 0 atom stereocenters. The first-order chi connectivity index (χ1) is 15.5. The van der Waals surface area contributed by atoms with Crippen LogP contribution in [-0.2, 0) is 12.4 Å². The average Bonchev–Trinajstić information content (AvgIpc) is 3.37. The number of hydrogen-bond donors (Lipinski definition) is 0. The van der Waals surface area contributed by atoms with Crippen molar-refractivity contribution in [2.45, 2.75) is 64.1 Å². The molecule has 9 heteroatoms. The molecule has 32 heavy (non-hydrogen) atoms. The van der Waals surface area contributed by atoms with Crippen molar-refractivity contribution in [3.05, 3.63) is 64.5 Å². The number of aryl methyl sites for hydroxylation is 2. The van der Waals surface area contributed by atoms with Crippen molar-refractivity contribution in [3.63, 3.8) is 0 Å². The van der Waals surface area contributed by atoms with Crippen LogP contribution in [0.5, 0.6) is 5.75 Å². The number of ether oxygens (including phenoxy) is 1. The summed E-state index contributed by atoms with van der Waals surface area (Å²) in [6, 6.07) is 9.81. The van der Waals surface area contributed by atoms with Crippen molar-refractivity contribution in [2.75, 3.05) is 0 Å². The highest BCUT2D eigenvalue weighted by Gasteiger charge is 2.20. The van der Waals surface area contributed by atoms with Crippen LogP contribution in [0.1, 0.15) is 55.6 Å². The molecule has 0 bridgehead atoms. The highest BCUT2D eigenvalue weighted by atomic mass is 35.5. The third kappa shape index (κ3) is 4.76. The third-order valence-electron chi connectivity index (χ3n) is 5.40. The number of thioether (sulfide) groups is 1. The molecule has 0 fully saturated rings. The monoisotopic (exact) mass is 470 g/mol. The quantitative estimate of drug-likeness (QED) is 0.287. The Morgan fingerprint density at radius 3 is 2.62 bits per heavy atom. The minimum Gasteiger partial charge on any atom is -0.484 e. The number of hydrogen-bond acceptors (Lipinski definition) is 6. The Balaban J connectivity index is 1.55. The smallest absolute Gasteiger partial charge is 0.234 e. The molecule has 0 amide bonds. The Kier molecular flexibility index (Phi) is 7.01. The third-order valence-corrected chi connectivity index (χ3v) is 6.69.